The SMILES string of the molecule is CC(C)(C)NCC(OC1CCC1)c1ccc(Cl)cc1. The van der Waals surface area contributed by atoms with Crippen molar-refractivity contribution in [3.8, 4) is 0 Å². The molecule has 1 atom stereocenters. The molecule has 1 aliphatic rings. The maximum absolute atomic E-state index is 6.20. The molecule has 1 fully saturated rings. The highest BCUT2D eigenvalue weighted by Crippen LogP contribution is 2.29. The third kappa shape index (κ3) is 4.79. The molecule has 0 heterocycles. The predicted octanol–water partition coefficient (Wildman–Crippen LogP) is 4.34. The molecule has 19 heavy (non-hydrogen) atoms. The first-order chi connectivity index (χ1) is 8.94. The van der Waals surface area contributed by atoms with Gasteiger partial charge in [0.05, 0.1) is 12.2 Å². The fourth-order valence-corrected chi connectivity index (χ4v) is 2.19. The average molecular weight is 282 g/mol. The standard InChI is InChI=1S/C16H24ClNO/c1-16(2,3)18-11-15(19-14-5-4-6-14)12-7-9-13(17)10-8-12/h7-10,14-15,18H,4-6,11H2,1-3H3. The van der Waals surface area contributed by atoms with Gasteiger partial charge in [-0.25, -0.2) is 0 Å². The van der Waals surface area contributed by atoms with Gasteiger partial charge in [-0.05, 0) is 57.7 Å². The van der Waals surface area contributed by atoms with Crippen molar-refractivity contribution in [3.63, 3.8) is 0 Å². The van der Waals surface area contributed by atoms with E-state index in [1.807, 2.05) is 12.1 Å². The Hall–Kier alpha value is -0.570. The minimum Gasteiger partial charge on any atom is -0.369 e. The largest absolute Gasteiger partial charge is 0.369 e. The third-order valence-corrected chi connectivity index (χ3v) is 3.72. The van der Waals surface area contributed by atoms with Crippen LogP contribution in [-0.2, 0) is 4.74 Å². The highest BCUT2D eigenvalue weighted by molar-refractivity contribution is 6.30. The van der Waals surface area contributed by atoms with Gasteiger partial charge in [0.2, 0.25) is 0 Å². The second kappa shape index (κ2) is 6.25. The van der Waals surface area contributed by atoms with E-state index in [1.165, 1.54) is 24.8 Å². The van der Waals surface area contributed by atoms with E-state index in [0.717, 1.165) is 11.6 Å². The summed E-state index contributed by atoms with van der Waals surface area (Å²) in [5, 5.41) is 4.30. The lowest BCUT2D eigenvalue weighted by molar-refractivity contribution is -0.0538. The van der Waals surface area contributed by atoms with Gasteiger partial charge in [0.25, 0.3) is 0 Å². The second-order valence-corrected chi connectivity index (χ2v) is 6.80. The smallest absolute Gasteiger partial charge is 0.0953 e. The van der Waals surface area contributed by atoms with E-state index in [1.54, 1.807) is 0 Å². The van der Waals surface area contributed by atoms with Gasteiger partial charge in [-0.2, -0.15) is 0 Å². The van der Waals surface area contributed by atoms with Crippen molar-refractivity contribution in [2.75, 3.05) is 6.54 Å². The van der Waals surface area contributed by atoms with E-state index in [9.17, 15) is 0 Å². The normalized spacial score (nSPS) is 18.1. The third-order valence-electron chi connectivity index (χ3n) is 3.47. The molecule has 0 aliphatic heterocycles. The Morgan fingerprint density at radius 1 is 1.26 bits per heavy atom. The van der Waals surface area contributed by atoms with Crippen LogP contribution in [0.2, 0.25) is 5.02 Å². The predicted molar refractivity (Wildman–Crippen MR) is 80.7 cm³/mol. The molecule has 2 nitrogen and oxygen atoms in total. The number of benzene rings is 1. The summed E-state index contributed by atoms with van der Waals surface area (Å²) >= 11 is 5.95. The zero-order valence-electron chi connectivity index (χ0n) is 12.1. The highest BCUT2D eigenvalue weighted by atomic mass is 35.5. The van der Waals surface area contributed by atoms with Crippen LogP contribution in [-0.4, -0.2) is 18.2 Å². The zero-order chi connectivity index (χ0) is 13.9. The van der Waals surface area contributed by atoms with Gasteiger partial charge in [-0.3, -0.25) is 0 Å². The molecule has 3 heteroatoms. The van der Waals surface area contributed by atoms with E-state index in [2.05, 4.69) is 38.2 Å². The van der Waals surface area contributed by atoms with Crippen molar-refractivity contribution in [3.05, 3.63) is 34.9 Å². The molecule has 0 radical (unpaired) electrons. The summed E-state index contributed by atoms with van der Waals surface area (Å²) in [7, 11) is 0. The number of halogens is 1. The van der Waals surface area contributed by atoms with Crippen molar-refractivity contribution in [2.45, 2.75) is 57.8 Å². The lowest BCUT2D eigenvalue weighted by Gasteiger charge is -2.32. The van der Waals surface area contributed by atoms with Crippen molar-refractivity contribution >= 4 is 11.6 Å². The maximum atomic E-state index is 6.20. The topological polar surface area (TPSA) is 21.3 Å². The number of ether oxygens (including phenoxy) is 1. The van der Waals surface area contributed by atoms with Gasteiger partial charge in [-0.1, -0.05) is 23.7 Å². The summed E-state index contributed by atoms with van der Waals surface area (Å²) in [5.74, 6) is 0. The van der Waals surface area contributed by atoms with Crippen molar-refractivity contribution < 1.29 is 4.74 Å². The average Bonchev–Trinajstić information content (AvgIpc) is 2.27. The fraction of sp³-hybridized carbons (Fsp3) is 0.625. The lowest BCUT2D eigenvalue weighted by atomic mass is 9.95. The quantitative estimate of drug-likeness (QED) is 0.867. The molecule has 0 amide bonds. The Bertz CT molecular complexity index is 392. The van der Waals surface area contributed by atoms with Crippen LogP contribution in [0.4, 0.5) is 0 Å². The Balaban J connectivity index is 2.01. The Morgan fingerprint density at radius 2 is 1.89 bits per heavy atom. The van der Waals surface area contributed by atoms with Crippen LogP contribution < -0.4 is 5.32 Å². The van der Waals surface area contributed by atoms with Crippen molar-refractivity contribution in [1.82, 2.24) is 5.32 Å². The zero-order valence-corrected chi connectivity index (χ0v) is 12.8. The number of hydrogen-bond acceptors (Lipinski definition) is 2. The molecule has 0 spiro atoms. The second-order valence-electron chi connectivity index (χ2n) is 6.36. The summed E-state index contributed by atoms with van der Waals surface area (Å²) in [6.07, 6.45) is 4.23. The monoisotopic (exact) mass is 281 g/mol. The number of rotatable bonds is 5. The number of hydrogen-bond donors (Lipinski definition) is 1. The van der Waals surface area contributed by atoms with Gasteiger partial charge >= 0.3 is 0 Å². The van der Waals surface area contributed by atoms with E-state index < -0.39 is 0 Å². The van der Waals surface area contributed by atoms with Crippen LogP contribution in [0.1, 0.15) is 51.7 Å². The Kier molecular flexibility index (Phi) is 4.88. The molecule has 106 valence electrons. The van der Waals surface area contributed by atoms with Crippen LogP contribution in [0.15, 0.2) is 24.3 Å². The highest BCUT2D eigenvalue weighted by Gasteiger charge is 2.24. The summed E-state index contributed by atoms with van der Waals surface area (Å²) in [6, 6.07) is 8.00. The molecule has 2 rings (SSSR count). The minimum absolute atomic E-state index is 0.105. The fourth-order valence-electron chi connectivity index (χ4n) is 2.06. The maximum Gasteiger partial charge on any atom is 0.0953 e. The molecule has 1 N–H and O–H groups in total. The van der Waals surface area contributed by atoms with Gasteiger partial charge in [0.1, 0.15) is 0 Å². The van der Waals surface area contributed by atoms with Gasteiger partial charge in [0, 0.05) is 17.1 Å². The molecule has 0 saturated heterocycles. The lowest BCUT2D eigenvalue weighted by Crippen LogP contribution is -2.40. The minimum atomic E-state index is 0.105. The molecule has 1 aromatic rings. The van der Waals surface area contributed by atoms with Gasteiger partial charge in [0.15, 0.2) is 0 Å². The van der Waals surface area contributed by atoms with Crippen molar-refractivity contribution in [2.24, 2.45) is 0 Å². The van der Waals surface area contributed by atoms with E-state index in [0.29, 0.717) is 6.10 Å². The summed E-state index contributed by atoms with van der Waals surface area (Å²) in [4.78, 5) is 0. The summed E-state index contributed by atoms with van der Waals surface area (Å²) in [5.41, 5.74) is 1.31. The van der Waals surface area contributed by atoms with Crippen LogP contribution >= 0.6 is 11.6 Å². The summed E-state index contributed by atoms with van der Waals surface area (Å²) < 4.78 is 6.20. The van der Waals surface area contributed by atoms with Crippen molar-refractivity contribution in [1.29, 1.82) is 0 Å². The molecular formula is C16H24ClNO. The Morgan fingerprint density at radius 3 is 2.37 bits per heavy atom. The van der Waals surface area contributed by atoms with E-state index in [4.69, 9.17) is 16.3 Å². The van der Waals surface area contributed by atoms with Gasteiger partial charge in [-0.15, -0.1) is 0 Å². The van der Waals surface area contributed by atoms with Crippen LogP contribution in [0, 0.1) is 0 Å². The van der Waals surface area contributed by atoms with Crippen LogP contribution in [0.25, 0.3) is 0 Å². The van der Waals surface area contributed by atoms with Crippen LogP contribution in [0.3, 0.4) is 0 Å². The molecule has 1 aliphatic carbocycles. The molecule has 0 bridgehead atoms. The first-order valence-corrected chi connectivity index (χ1v) is 7.48. The number of nitrogens with one attached hydrogen (secondary N) is 1. The van der Waals surface area contributed by atoms with Gasteiger partial charge < -0.3 is 10.1 Å². The first kappa shape index (κ1) is 14.8. The molecule has 1 unspecified atom stereocenters. The van der Waals surface area contributed by atoms with E-state index >= 15 is 0 Å². The first-order valence-electron chi connectivity index (χ1n) is 7.10. The van der Waals surface area contributed by atoms with E-state index in [-0.39, 0.29) is 11.6 Å². The molecule has 1 saturated carbocycles. The van der Waals surface area contributed by atoms with Crippen LogP contribution in [0.5, 0.6) is 0 Å². The molecule has 1 aromatic carbocycles. The Labute approximate surface area is 121 Å². The summed E-state index contributed by atoms with van der Waals surface area (Å²) in [6.45, 7) is 7.36. The molecule has 0 aromatic heterocycles. The molecular weight excluding hydrogens is 258 g/mol.